The third kappa shape index (κ3) is 2.72. The molecule has 0 radical (unpaired) electrons. The quantitative estimate of drug-likeness (QED) is 0.643. The number of alkyl halides is 3. The third-order valence-corrected chi connectivity index (χ3v) is 3.22. The van der Waals surface area contributed by atoms with Gasteiger partial charge in [-0.15, -0.1) is 0 Å². The Morgan fingerprint density at radius 3 is 2.55 bits per heavy atom. The van der Waals surface area contributed by atoms with Gasteiger partial charge in [-0.25, -0.2) is 9.97 Å². The van der Waals surface area contributed by atoms with E-state index in [0.717, 1.165) is 6.20 Å². The van der Waals surface area contributed by atoms with Gasteiger partial charge >= 0.3 is 15.6 Å². The summed E-state index contributed by atoms with van der Waals surface area (Å²) in [6.07, 6.45) is 2.31. The molecule has 0 bridgehead atoms. The van der Waals surface area contributed by atoms with Crippen molar-refractivity contribution in [3.8, 4) is 5.88 Å². The Balaban J connectivity index is 2.44. The Morgan fingerprint density at radius 1 is 1.25 bits per heavy atom. The molecule has 2 rings (SSSR count). The first kappa shape index (κ1) is 14.3. The van der Waals surface area contributed by atoms with E-state index in [-0.39, 0.29) is 5.52 Å². The van der Waals surface area contributed by atoms with Gasteiger partial charge in [-0.1, -0.05) is 18.7 Å². The van der Waals surface area contributed by atoms with E-state index in [0.29, 0.717) is 11.1 Å². The summed E-state index contributed by atoms with van der Waals surface area (Å²) < 4.78 is 62.1. The van der Waals surface area contributed by atoms with Crippen molar-refractivity contribution >= 4 is 27.2 Å². The zero-order valence-corrected chi connectivity index (χ0v) is 10.6. The Bertz CT molecular complexity index is 772. The van der Waals surface area contributed by atoms with Crippen molar-refractivity contribution in [1.82, 2.24) is 9.97 Å². The number of rotatable bonds is 3. The van der Waals surface area contributed by atoms with Crippen molar-refractivity contribution in [3.63, 3.8) is 0 Å². The lowest BCUT2D eigenvalue weighted by Gasteiger charge is -2.08. The van der Waals surface area contributed by atoms with Crippen LogP contribution in [0.2, 0.25) is 0 Å². The second-order valence-corrected chi connectivity index (χ2v) is 5.18. The van der Waals surface area contributed by atoms with E-state index >= 15 is 0 Å². The maximum Gasteiger partial charge on any atom is 0.534 e. The average Bonchev–Trinajstić information content (AvgIpc) is 2.36. The first-order valence-electron chi connectivity index (χ1n) is 5.13. The first-order valence-corrected chi connectivity index (χ1v) is 6.54. The molecule has 0 atom stereocenters. The molecule has 20 heavy (non-hydrogen) atoms. The normalized spacial score (nSPS) is 12.3. The van der Waals surface area contributed by atoms with Crippen LogP contribution in [0.15, 0.2) is 31.0 Å². The number of benzene rings is 1. The van der Waals surface area contributed by atoms with E-state index in [1.54, 1.807) is 12.1 Å². The van der Waals surface area contributed by atoms with Crippen LogP contribution in [0, 0.1) is 0 Å². The molecule has 2 aromatic rings. The summed E-state index contributed by atoms with van der Waals surface area (Å²) >= 11 is 0. The lowest BCUT2D eigenvalue weighted by Crippen LogP contribution is -2.28. The van der Waals surface area contributed by atoms with Crippen molar-refractivity contribution in [2.24, 2.45) is 0 Å². The topological polar surface area (TPSA) is 69.2 Å². The third-order valence-electron chi connectivity index (χ3n) is 2.26. The maximum atomic E-state index is 12.2. The molecule has 1 aromatic carbocycles. The van der Waals surface area contributed by atoms with Crippen LogP contribution in [-0.2, 0) is 10.1 Å². The predicted octanol–water partition coefficient (Wildman–Crippen LogP) is 2.50. The van der Waals surface area contributed by atoms with Crippen molar-refractivity contribution in [3.05, 3.63) is 36.5 Å². The fraction of sp³-hybridized carbons (Fsp3) is 0.0909. The summed E-state index contributed by atoms with van der Waals surface area (Å²) in [7, 11) is -5.76. The van der Waals surface area contributed by atoms with Crippen molar-refractivity contribution in [2.75, 3.05) is 0 Å². The van der Waals surface area contributed by atoms with Crippen LogP contribution >= 0.6 is 0 Å². The van der Waals surface area contributed by atoms with Crippen LogP contribution in [0.4, 0.5) is 13.2 Å². The highest BCUT2D eigenvalue weighted by Crippen LogP contribution is 2.26. The zero-order chi connectivity index (χ0) is 15.0. The second kappa shape index (κ2) is 4.75. The highest BCUT2D eigenvalue weighted by atomic mass is 32.2. The molecule has 0 saturated carbocycles. The Hall–Kier alpha value is -2.16. The summed E-state index contributed by atoms with van der Waals surface area (Å²) in [5, 5.41) is 0. The van der Waals surface area contributed by atoms with Crippen LogP contribution < -0.4 is 4.18 Å². The molecule has 0 spiro atoms. The van der Waals surface area contributed by atoms with Crippen molar-refractivity contribution < 1.29 is 25.8 Å². The largest absolute Gasteiger partial charge is 0.534 e. The number of aromatic nitrogens is 2. The van der Waals surface area contributed by atoms with Gasteiger partial charge in [0.05, 0.1) is 17.2 Å². The monoisotopic (exact) mass is 304 g/mol. The molecule has 0 amide bonds. The lowest BCUT2D eigenvalue weighted by atomic mass is 10.2. The highest BCUT2D eigenvalue weighted by Gasteiger charge is 2.48. The highest BCUT2D eigenvalue weighted by molar-refractivity contribution is 7.87. The van der Waals surface area contributed by atoms with Gasteiger partial charge in [0.25, 0.3) is 5.88 Å². The van der Waals surface area contributed by atoms with Crippen LogP contribution in [0.1, 0.15) is 5.56 Å². The summed E-state index contributed by atoms with van der Waals surface area (Å²) in [6, 6.07) is 4.74. The van der Waals surface area contributed by atoms with Crippen molar-refractivity contribution in [1.29, 1.82) is 0 Å². The summed E-state index contributed by atoms with van der Waals surface area (Å²) in [6.45, 7) is 3.53. The second-order valence-electron chi connectivity index (χ2n) is 3.64. The number of hydrogen-bond acceptors (Lipinski definition) is 5. The fourth-order valence-corrected chi connectivity index (χ4v) is 1.74. The zero-order valence-electron chi connectivity index (χ0n) is 9.76. The van der Waals surface area contributed by atoms with Gasteiger partial charge in [-0.3, -0.25) is 0 Å². The van der Waals surface area contributed by atoms with E-state index in [9.17, 15) is 21.6 Å². The molecular formula is C11H7F3N2O3S. The van der Waals surface area contributed by atoms with E-state index in [2.05, 4.69) is 20.7 Å². The minimum Gasteiger partial charge on any atom is -0.354 e. The molecule has 0 aliphatic carbocycles. The van der Waals surface area contributed by atoms with Gasteiger partial charge in [-0.2, -0.15) is 21.6 Å². The lowest BCUT2D eigenvalue weighted by molar-refractivity contribution is -0.0501. The molecule has 0 N–H and O–H groups in total. The van der Waals surface area contributed by atoms with Crippen LogP contribution in [0.5, 0.6) is 5.88 Å². The number of hydrogen-bond donors (Lipinski definition) is 0. The molecule has 0 unspecified atom stereocenters. The number of fused-ring (bicyclic) bond motifs is 1. The summed E-state index contributed by atoms with van der Waals surface area (Å²) in [5.41, 5.74) is -4.29. The molecule has 1 aromatic heterocycles. The van der Waals surface area contributed by atoms with E-state index < -0.39 is 21.5 Å². The molecule has 106 valence electrons. The van der Waals surface area contributed by atoms with Crippen molar-refractivity contribution in [2.45, 2.75) is 5.51 Å². The molecule has 0 fully saturated rings. The smallest absolute Gasteiger partial charge is 0.354 e. The first-order chi connectivity index (χ1) is 9.23. The van der Waals surface area contributed by atoms with E-state index in [1.165, 1.54) is 12.1 Å². The van der Waals surface area contributed by atoms with Crippen LogP contribution in [0.3, 0.4) is 0 Å². The average molecular weight is 304 g/mol. The Kier molecular flexibility index (Phi) is 3.38. The maximum absolute atomic E-state index is 12.2. The number of nitrogens with zero attached hydrogens (tertiary/aromatic N) is 2. The van der Waals surface area contributed by atoms with Gasteiger partial charge in [0, 0.05) is 0 Å². The van der Waals surface area contributed by atoms with Gasteiger partial charge in [0.1, 0.15) is 0 Å². The van der Waals surface area contributed by atoms with Gasteiger partial charge < -0.3 is 4.18 Å². The predicted molar refractivity (Wildman–Crippen MR) is 65.2 cm³/mol. The van der Waals surface area contributed by atoms with Crippen LogP contribution in [-0.4, -0.2) is 23.9 Å². The van der Waals surface area contributed by atoms with Crippen LogP contribution in [0.25, 0.3) is 17.1 Å². The Morgan fingerprint density at radius 2 is 1.95 bits per heavy atom. The molecule has 0 aliphatic heterocycles. The molecule has 0 aliphatic rings. The molecule has 1 heterocycles. The molecule has 0 saturated heterocycles. The SMILES string of the molecule is C=Cc1ccc2ncc(OS(=O)(=O)C(F)(F)F)nc2c1. The van der Waals surface area contributed by atoms with E-state index in [4.69, 9.17) is 0 Å². The van der Waals surface area contributed by atoms with Gasteiger partial charge in [0.2, 0.25) is 0 Å². The molecule has 5 nitrogen and oxygen atoms in total. The molecular weight excluding hydrogens is 297 g/mol. The fourth-order valence-electron chi connectivity index (χ4n) is 1.34. The minimum atomic E-state index is -5.76. The molecule has 9 heteroatoms. The van der Waals surface area contributed by atoms with Gasteiger partial charge in [-0.05, 0) is 17.7 Å². The summed E-state index contributed by atoms with van der Waals surface area (Å²) in [4.78, 5) is 7.44. The van der Waals surface area contributed by atoms with Gasteiger partial charge in [0.15, 0.2) is 0 Å². The summed E-state index contributed by atoms with van der Waals surface area (Å²) in [5.74, 6) is -0.754. The Labute approximate surface area is 111 Å². The van der Waals surface area contributed by atoms with E-state index in [1.807, 2.05) is 0 Å². The minimum absolute atomic E-state index is 0.192. The number of halogens is 3. The standard InChI is InChI=1S/C11H7F3N2O3S/c1-2-7-3-4-8-9(5-7)16-10(6-15-8)19-20(17,18)11(12,13)14/h2-6H,1H2.